The van der Waals surface area contributed by atoms with Gasteiger partial charge in [0.2, 0.25) is 0 Å². The summed E-state index contributed by atoms with van der Waals surface area (Å²) in [5, 5.41) is 1.79. The number of amides is 1. The van der Waals surface area contributed by atoms with Gasteiger partial charge in [0.1, 0.15) is 11.8 Å². The molecule has 0 aliphatic carbocycles. The Labute approximate surface area is 197 Å². The maximum absolute atomic E-state index is 13.3. The molecule has 2 N–H and O–H groups in total. The van der Waals surface area contributed by atoms with Crippen molar-refractivity contribution in [1.82, 2.24) is 9.88 Å². The largest absolute Gasteiger partial charge is 0.580 e. The zero-order chi connectivity index (χ0) is 22.8. The standard InChI is InChI=1S/C27H23ClN2O3/c1-2-16-32-20-11-8-18(9-12-20)26-25-22(23-17-19(28)10-13-24(23)29-25)14-15-30(26)27(31)33-21-6-4-3-5-7-21/h2-13,17,26,29H,1,14-16H2/p+1. The van der Waals surface area contributed by atoms with Gasteiger partial charge in [-0.1, -0.05) is 36.4 Å². The summed E-state index contributed by atoms with van der Waals surface area (Å²) in [6.07, 6.45) is 2.09. The molecule has 6 heteroatoms. The van der Waals surface area contributed by atoms with Gasteiger partial charge in [0.25, 0.3) is 5.75 Å². The molecule has 3 aromatic carbocycles. The number of aromatic hydroxyl groups is 1. The number of nitrogens with zero attached hydrogens (tertiary/aromatic N) is 1. The van der Waals surface area contributed by atoms with Crippen LogP contribution in [0, 0.1) is 0 Å². The Morgan fingerprint density at radius 3 is 2.70 bits per heavy atom. The Balaban J connectivity index is 1.55. The molecule has 1 aliphatic heterocycles. The fraction of sp³-hybridized carbons (Fsp3) is 0.148. The summed E-state index contributed by atoms with van der Waals surface area (Å²) in [7, 11) is 0. The van der Waals surface area contributed by atoms with Crippen molar-refractivity contribution in [3.05, 3.63) is 107 Å². The third kappa shape index (κ3) is 4.20. The van der Waals surface area contributed by atoms with E-state index in [4.69, 9.17) is 16.3 Å². The number of aliphatic hydroxyl groups is 1. The molecule has 1 unspecified atom stereocenters. The molecule has 166 valence electrons. The molecule has 4 aromatic rings. The maximum Gasteiger partial charge on any atom is 0.416 e. The highest BCUT2D eigenvalue weighted by Gasteiger charge is 2.35. The van der Waals surface area contributed by atoms with Gasteiger partial charge < -0.3 is 14.5 Å². The fourth-order valence-corrected chi connectivity index (χ4v) is 4.56. The highest BCUT2D eigenvalue weighted by Crippen LogP contribution is 2.40. The van der Waals surface area contributed by atoms with E-state index in [-0.39, 0.29) is 12.1 Å². The fourth-order valence-electron chi connectivity index (χ4n) is 4.38. The molecule has 33 heavy (non-hydrogen) atoms. The number of halogens is 1. The van der Waals surface area contributed by atoms with Crippen LogP contribution in [0.3, 0.4) is 0 Å². The van der Waals surface area contributed by atoms with E-state index < -0.39 is 0 Å². The van der Waals surface area contributed by atoms with Crippen LogP contribution >= 0.6 is 11.6 Å². The number of aromatic nitrogens is 1. The van der Waals surface area contributed by atoms with E-state index in [0.29, 0.717) is 30.3 Å². The number of nitrogens with one attached hydrogen (secondary N) is 1. The molecule has 0 saturated carbocycles. The van der Waals surface area contributed by atoms with Crippen molar-refractivity contribution in [2.75, 3.05) is 13.2 Å². The number of rotatable bonds is 5. The molecule has 0 saturated heterocycles. The minimum atomic E-state index is -0.381. The second kappa shape index (κ2) is 9.04. The van der Waals surface area contributed by atoms with Crippen molar-refractivity contribution in [2.45, 2.75) is 12.5 Å². The SMILES string of the molecule is C=CC[OH+]c1ccc(C2c3[nH]c4ccc(Cl)cc4c3CCN2C(=O)Oc2ccccc2)cc1. The van der Waals surface area contributed by atoms with Gasteiger partial charge in [-0.25, -0.2) is 4.79 Å². The number of hydrogen-bond acceptors (Lipinski definition) is 2. The summed E-state index contributed by atoms with van der Waals surface area (Å²) in [4.78, 5) is 18.6. The van der Waals surface area contributed by atoms with Crippen LogP contribution in [0.5, 0.6) is 11.5 Å². The van der Waals surface area contributed by atoms with Gasteiger partial charge in [0, 0.05) is 40.3 Å². The first-order valence-corrected chi connectivity index (χ1v) is 11.2. The normalized spacial score (nSPS) is 15.2. The average Bonchev–Trinajstić information content (AvgIpc) is 3.21. The first-order valence-electron chi connectivity index (χ1n) is 10.9. The maximum atomic E-state index is 13.3. The minimum absolute atomic E-state index is 0.315. The van der Waals surface area contributed by atoms with Crippen LogP contribution in [0.1, 0.15) is 22.9 Å². The lowest BCUT2D eigenvalue weighted by atomic mass is 9.92. The quantitative estimate of drug-likeness (QED) is 0.277. The lowest BCUT2D eigenvalue weighted by Crippen LogP contribution is -2.42. The number of H-pyrrole nitrogens is 1. The Kier molecular flexibility index (Phi) is 5.80. The molecule has 0 radical (unpaired) electrons. The number of hydrogen-bond donors (Lipinski definition) is 1. The van der Waals surface area contributed by atoms with Crippen molar-refractivity contribution in [1.29, 1.82) is 0 Å². The average molecular weight is 460 g/mol. The molecule has 2 heterocycles. The van der Waals surface area contributed by atoms with Crippen LogP contribution in [-0.4, -0.2) is 33.9 Å². The van der Waals surface area contributed by atoms with Crippen LogP contribution in [0.15, 0.2) is 85.5 Å². The predicted molar refractivity (Wildman–Crippen MR) is 131 cm³/mol. The molecule has 5 nitrogen and oxygen atoms in total. The third-order valence-corrected chi connectivity index (χ3v) is 6.12. The van der Waals surface area contributed by atoms with Gasteiger partial charge >= 0.3 is 6.09 Å². The number of carbonyl (C=O) groups excluding carboxylic acids is 1. The smallest absolute Gasteiger partial charge is 0.416 e. The number of ether oxygens (including phenoxy) is 2. The molecule has 1 amide bonds. The van der Waals surface area contributed by atoms with Crippen molar-refractivity contribution in [3.8, 4) is 11.5 Å². The second-order valence-corrected chi connectivity index (χ2v) is 8.39. The van der Waals surface area contributed by atoms with Crippen LogP contribution in [-0.2, 0) is 6.42 Å². The molecule has 0 fully saturated rings. The van der Waals surface area contributed by atoms with E-state index in [1.165, 1.54) is 5.56 Å². The number of aromatic amines is 1. The molecule has 0 bridgehead atoms. The summed E-state index contributed by atoms with van der Waals surface area (Å²) in [5.41, 5.74) is 4.16. The monoisotopic (exact) mass is 459 g/mol. The van der Waals surface area contributed by atoms with E-state index in [1.807, 2.05) is 60.7 Å². The Morgan fingerprint density at radius 2 is 1.94 bits per heavy atom. The zero-order valence-electron chi connectivity index (χ0n) is 18.0. The summed E-state index contributed by atoms with van der Waals surface area (Å²) in [6, 6.07) is 22.6. The third-order valence-electron chi connectivity index (χ3n) is 5.88. The van der Waals surface area contributed by atoms with E-state index in [9.17, 15) is 4.79 Å². The molecular formula is C27H24ClN2O3+. The first kappa shape index (κ1) is 21.2. The van der Waals surface area contributed by atoms with Crippen molar-refractivity contribution in [3.63, 3.8) is 0 Å². The van der Waals surface area contributed by atoms with Gasteiger partial charge in [-0.2, -0.15) is 0 Å². The van der Waals surface area contributed by atoms with Crippen LogP contribution in [0.4, 0.5) is 4.79 Å². The Bertz CT molecular complexity index is 1300. The summed E-state index contributed by atoms with van der Waals surface area (Å²) < 4.78 is 10.2. The Hall–Kier alpha value is -3.70. The van der Waals surface area contributed by atoms with Crippen LogP contribution in [0.2, 0.25) is 5.02 Å². The molecule has 1 atom stereocenters. The molecule has 5 rings (SSSR count). The molecule has 1 aliphatic rings. The van der Waals surface area contributed by atoms with Crippen LogP contribution in [0.25, 0.3) is 10.9 Å². The summed E-state index contributed by atoms with van der Waals surface area (Å²) in [5.74, 6) is 1.39. The Morgan fingerprint density at radius 1 is 1.15 bits per heavy atom. The lowest BCUT2D eigenvalue weighted by molar-refractivity contribution is 0.0970. The topological polar surface area (TPSA) is 58.1 Å². The van der Waals surface area contributed by atoms with Gasteiger partial charge in [-0.15, -0.1) is 0 Å². The summed E-state index contributed by atoms with van der Waals surface area (Å²) >= 11 is 6.28. The van der Waals surface area contributed by atoms with Crippen LogP contribution < -0.4 is 4.74 Å². The first-order chi connectivity index (χ1) is 16.1. The number of benzene rings is 3. The lowest BCUT2D eigenvalue weighted by Gasteiger charge is -2.35. The number of fused-ring (bicyclic) bond motifs is 3. The van der Waals surface area contributed by atoms with E-state index in [1.54, 1.807) is 23.1 Å². The highest BCUT2D eigenvalue weighted by molar-refractivity contribution is 6.31. The van der Waals surface area contributed by atoms with Crippen molar-refractivity contribution in [2.24, 2.45) is 0 Å². The van der Waals surface area contributed by atoms with Gasteiger partial charge in [0.05, 0.1) is 0 Å². The highest BCUT2D eigenvalue weighted by atomic mass is 35.5. The zero-order valence-corrected chi connectivity index (χ0v) is 18.8. The van der Waals surface area contributed by atoms with Crippen molar-refractivity contribution >= 4 is 28.6 Å². The van der Waals surface area contributed by atoms with E-state index >= 15 is 0 Å². The minimum Gasteiger partial charge on any atom is -0.580 e. The second-order valence-electron chi connectivity index (χ2n) is 7.95. The van der Waals surface area contributed by atoms with Gasteiger partial charge in [-0.05, 0) is 66.1 Å². The van der Waals surface area contributed by atoms with Gasteiger partial charge in [0.15, 0.2) is 6.61 Å². The summed E-state index contributed by atoms with van der Waals surface area (Å²) in [6.45, 7) is 4.81. The van der Waals surface area contributed by atoms with Gasteiger partial charge in [-0.3, -0.25) is 4.90 Å². The molecule has 0 spiro atoms. The van der Waals surface area contributed by atoms with E-state index in [0.717, 1.165) is 27.9 Å². The predicted octanol–water partition coefficient (Wildman–Crippen LogP) is 6.40. The number of carbonyl (C=O) groups is 1. The molecular weight excluding hydrogens is 436 g/mol. The van der Waals surface area contributed by atoms with E-state index in [2.05, 4.69) is 16.3 Å². The van der Waals surface area contributed by atoms with Crippen molar-refractivity contribution < 1.29 is 14.3 Å². The number of para-hydroxylation sites is 1. The molecule has 1 aromatic heterocycles.